The van der Waals surface area contributed by atoms with Crippen LogP contribution in [-0.4, -0.2) is 78.2 Å². The Kier molecular flexibility index (Phi) is 8.56. The van der Waals surface area contributed by atoms with Crippen LogP contribution in [0.25, 0.3) is 5.76 Å². The molecular weight excluding hydrogens is 524 g/mol. The number of phenols is 1. The van der Waals surface area contributed by atoms with Gasteiger partial charge in [0.25, 0.3) is 11.7 Å². The van der Waals surface area contributed by atoms with E-state index in [-0.39, 0.29) is 29.4 Å². The van der Waals surface area contributed by atoms with Gasteiger partial charge in [-0.25, -0.2) is 0 Å². The number of hydrogen-bond acceptors (Lipinski definition) is 8. The molecule has 1 atom stereocenters. The number of carbonyl (C=O) groups excluding carboxylic acids is 2. The number of morpholine rings is 1. The van der Waals surface area contributed by atoms with Gasteiger partial charge in [-0.05, 0) is 54.4 Å². The predicted molar refractivity (Wildman–Crippen MR) is 153 cm³/mol. The molecule has 2 heterocycles. The fourth-order valence-corrected chi connectivity index (χ4v) is 5.23. The van der Waals surface area contributed by atoms with Crippen LogP contribution >= 0.6 is 0 Å². The molecule has 0 aromatic heterocycles. The van der Waals surface area contributed by atoms with Crippen LogP contribution in [0.5, 0.6) is 17.2 Å². The number of likely N-dealkylation sites (tertiary alicyclic amines) is 1. The highest BCUT2D eigenvalue weighted by Crippen LogP contribution is 2.41. The van der Waals surface area contributed by atoms with E-state index in [4.69, 9.17) is 14.2 Å². The summed E-state index contributed by atoms with van der Waals surface area (Å²) in [5.41, 5.74) is 3.10. The fourth-order valence-electron chi connectivity index (χ4n) is 5.23. The van der Waals surface area contributed by atoms with E-state index in [1.54, 1.807) is 36.4 Å². The Bertz CT molecular complexity index is 1440. The number of ether oxygens (including phenoxy) is 3. The molecular formula is C32H34N2O7. The summed E-state index contributed by atoms with van der Waals surface area (Å²) >= 11 is 0. The van der Waals surface area contributed by atoms with Crippen molar-refractivity contribution in [2.45, 2.75) is 19.6 Å². The molecule has 5 rings (SSSR count). The van der Waals surface area contributed by atoms with Gasteiger partial charge in [-0.1, -0.05) is 35.9 Å². The third-order valence-corrected chi connectivity index (χ3v) is 7.44. The number of Topliss-reactive ketones (excluding diaryl/α,β-unsaturated/α-hetero) is 1. The zero-order valence-electron chi connectivity index (χ0n) is 23.2. The average Bonchev–Trinajstić information content (AvgIpc) is 3.24. The molecule has 3 aromatic carbocycles. The molecule has 0 saturated carbocycles. The second-order valence-corrected chi connectivity index (χ2v) is 10.2. The lowest BCUT2D eigenvalue weighted by Gasteiger charge is -2.31. The molecule has 3 aromatic rings. The molecule has 0 bridgehead atoms. The number of benzene rings is 3. The van der Waals surface area contributed by atoms with Crippen molar-refractivity contribution in [2.75, 3.05) is 46.5 Å². The van der Waals surface area contributed by atoms with Gasteiger partial charge in [-0.2, -0.15) is 0 Å². The van der Waals surface area contributed by atoms with Gasteiger partial charge in [-0.15, -0.1) is 0 Å². The molecule has 214 valence electrons. The monoisotopic (exact) mass is 558 g/mol. The van der Waals surface area contributed by atoms with Crippen LogP contribution < -0.4 is 9.47 Å². The number of methoxy groups -OCH3 is 1. The second-order valence-electron chi connectivity index (χ2n) is 10.2. The first-order chi connectivity index (χ1) is 19.9. The minimum absolute atomic E-state index is 0.0156. The number of nitrogens with zero attached hydrogens (tertiary/aromatic N) is 2. The van der Waals surface area contributed by atoms with Gasteiger partial charge in [0.1, 0.15) is 18.1 Å². The fraction of sp³-hybridized carbons (Fsp3) is 0.312. The van der Waals surface area contributed by atoms with Gasteiger partial charge in [-0.3, -0.25) is 14.5 Å². The van der Waals surface area contributed by atoms with E-state index in [0.717, 1.165) is 24.2 Å². The van der Waals surface area contributed by atoms with Crippen LogP contribution in [0.1, 0.15) is 28.3 Å². The summed E-state index contributed by atoms with van der Waals surface area (Å²) in [5, 5.41) is 21.6. The van der Waals surface area contributed by atoms with Crippen LogP contribution in [-0.2, 0) is 20.9 Å². The van der Waals surface area contributed by atoms with Crippen LogP contribution in [0.2, 0.25) is 0 Å². The number of carbonyl (C=O) groups is 2. The average molecular weight is 559 g/mol. The van der Waals surface area contributed by atoms with E-state index in [9.17, 15) is 19.8 Å². The van der Waals surface area contributed by atoms with E-state index in [0.29, 0.717) is 43.2 Å². The summed E-state index contributed by atoms with van der Waals surface area (Å²) in [6.45, 7) is 5.94. The highest BCUT2D eigenvalue weighted by Gasteiger charge is 2.46. The summed E-state index contributed by atoms with van der Waals surface area (Å²) in [7, 11) is 1.43. The zero-order valence-corrected chi connectivity index (χ0v) is 23.2. The van der Waals surface area contributed by atoms with E-state index in [1.165, 1.54) is 18.1 Å². The zero-order chi connectivity index (χ0) is 28.9. The van der Waals surface area contributed by atoms with E-state index < -0.39 is 17.7 Å². The van der Waals surface area contributed by atoms with Crippen molar-refractivity contribution in [1.82, 2.24) is 9.80 Å². The Labute approximate surface area is 239 Å². The first kappa shape index (κ1) is 28.2. The molecule has 2 saturated heterocycles. The topological polar surface area (TPSA) is 109 Å². The highest BCUT2D eigenvalue weighted by molar-refractivity contribution is 6.46. The third kappa shape index (κ3) is 6.21. The molecule has 0 aliphatic carbocycles. The quantitative estimate of drug-likeness (QED) is 0.230. The molecule has 9 heteroatoms. The lowest BCUT2D eigenvalue weighted by atomic mass is 9.95. The number of aliphatic hydroxyl groups excluding tert-OH is 1. The van der Waals surface area contributed by atoms with Crippen LogP contribution in [0.15, 0.2) is 72.3 Å². The maximum absolute atomic E-state index is 13.4. The molecule has 0 spiro atoms. The molecule has 2 fully saturated rings. The van der Waals surface area contributed by atoms with Crippen molar-refractivity contribution in [1.29, 1.82) is 0 Å². The highest BCUT2D eigenvalue weighted by atomic mass is 16.5. The molecule has 9 nitrogen and oxygen atoms in total. The summed E-state index contributed by atoms with van der Waals surface area (Å²) in [6, 6.07) is 18.6. The molecule has 0 radical (unpaired) electrons. The smallest absolute Gasteiger partial charge is 0.295 e. The number of aryl methyl sites for hydroxylation is 1. The summed E-state index contributed by atoms with van der Waals surface area (Å²) in [5.74, 6) is -0.983. The van der Waals surface area contributed by atoms with Crippen molar-refractivity contribution in [3.05, 3.63) is 94.6 Å². The molecule has 1 unspecified atom stereocenters. The van der Waals surface area contributed by atoms with Gasteiger partial charge in [0.15, 0.2) is 11.5 Å². The maximum atomic E-state index is 13.4. The van der Waals surface area contributed by atoms with Crippen LogP contribution in [0.4, 0.5) is 0 Å². The first-order valence-electron chi connectivity index (χ1n) is 13.6. The van der Waals surface area contributed by atoms with Gasteiger partial charge < -0.3 is 29.3 Å². The van der Waals surface area contributed by atoms with Crippen LogP contribution in [0.3, 0.4) is 0 Å². The Hall–Kier alpha value is -4.34. The van der Waals surface area contributed by atoms with E-state index in [1.807, 2.05) is 25.1 Å². The van der Waals surface area contributed by atoms with Crippen molar-refractivity contribution in [2.24, 2.45) is 0 Å². The molecule has 2 aliphatic rings. The summed E-state index contributed by atoms with van der Waals surface area (Å²) in [6.07, 6.45) is 0. The number of amides is 1. The number of rotatable bonds is 9. The van der Waals surface area contributed by atoms with Gasteiger partial charge in [0.05, 0.1) is 31.9 Å². The number of ketones is 1. The van der Waals surface area contributed by atoms with Crippen LogP contribution in [0, 0.1) is 6.92 Å². The lowest BCUT2D eigenvalue weighted by molar-refractivity contribution is -0.140. The number of aliphatic hydroxyl groups is 1. The van der Waals surface area contributed by atoms with Gasteiger partial charge in [0, 0.05) is 31.7 Å². The SMILES string of the molecule is COc1cc(C2/C(=C(/O)c3ccc(OCc4cccc(C)c4)cc3)C(=O)C(=O)N2CCN2CCOCC2)ccc1O. The van der Waals surface area contributed by atoms with E-state index in [2.05, 4.69) is 11.0 Å². The standard InChI is InChI=1S/C32H34N2O7/c1-21-4-3-5-22(18-21)20-41-25-9-6-23(7-10-25)30(36)28-29(24-8-11-26(35)27(19-24)39-2)34(32(38)31(28)37)13-12-33-14-16-40-17-15-33/h3-11,18-19,29,35-36H,12-17,20H2,1-2H3/b30-28-. The Balaban J connectivity index is 1.44. The predicted octanol–water partition coefficient (Wildman–Crippen LogP) is 4.04. The van der Waals surface area contributed by atoms with Gasteiger partial charge >= 0.3 is 0 Å². The summed E-state index contributed by atoms with van der Waals surface area (Å²) in [4.78, 5) is 30.4. The number of phenolic OH excluding ortho intramolecular Hbond substituents is 1. The molecule has 1 amide bonds. The van der Waals surface area contributed by atoms with Crippen molar-refractivity contribution in [3.63, 3.8) is 0 Å². The molecule has 2 N–H and O–H groups in total. The molecule has 2 aliphatic heterocycles. The van der Waals surface area contributed by atoms with Crippen molar-refractivity contribution in [3.8, 4) is 17.2 Å². The van der Waals surface area contributed by atoms with E-state index >= 15 is 0 Å². The Morgan fingerprint density at radius 2 is 1.76 bits per heavy atom. The van der Waals surface area contributed by atoms with Crippen molar-refractivity contribution >= 4 is 17.4 Å². The number of aromatic hydroxyl groups is 1. The third-order valence-electron chi connectivity index (χ3n) is 7.44. The second kappa shape index (κ2) is 12.4. The first-order valence-corrected chi connectivity index (χ1v) is 13.6. The lowest BCUT2D eigenvalue weighted by Crippen LogP contribution is -2.42. The largest absolute Gasteiger partial charge is 0.507 e. The van der Waals surface area contributed by atoms with Crippen molar-refractivity contribution < 1.29 is 34.0 Å². The normalized spacial score (nSPS) is 19.0. The number of hydrogen-bond donors (Lipinski definition) is 2. The minimum Gasteiger partial charge on any atom is -0.507 e. The minimum atomic E-state index is -0.859. The Morgan fingerprint density at radius 1 is 1.00 bits per heavy atom. The molecule has 41 heavy (non-hydrogen) atoms. The van der Waals surface area contributed by atoms with Gasteiger partial charge in [0.2, 0.25) is 0 Å². The summed E-state index contributed by atoms with van der Waals surface area (Å²) < 4.78 is 16.6. The Morgan fingerprint density at radius 3 is 2.46 bits per heavy atom. The maximum Gasteiger partial charge on any atom is 0.295 e.